The molecule has 1 N–H and O–H groups in total. The van der Waals surface area contributed by atoms with Crippen molar-refractivity contribution in [1.82, 2.24) is 4.98 Å². The Hall–Kier alpha value is -2.37. The Morgan fingerprint density at radius 3 is 2.94 bits per heavy atom. The molecule has 0 saturated carbocycles. The van der Waals surface area contributed by atoms with Crippen LogP contribution in [0.3, 0.4) is 0 Å². The highest BCUT2D eigenvalue weighted by molar-refractivity contribution is 5.57. The Labute approximate surface area is 97.4 Å². The van der Waals surface area contributed by atoms with Crippen LogP contribution in [0.4, 0.5) is 11.5 Å². The van der Waals surface area contributed by atoms with Crippen LogP contribution < -0.4 is 5.32 Å². The fourth-order valence-corrected chi connectivity index (χ4v) is 1.50. The summed E-state index contributed by atoms with van der Waals surface area (Å²) in [5.41, 5.74) is 0.376. The summed E-state index contributed by atoms with van der Waals surface area (Å²) in [6.45, 7) is 1.86. The summed E-state index contributed by atoms with van der Waals surface area (Å²) in [4.78, 5) is 14.0. The Kier molecular flexibility index (Phi) is 3.04. The van der Waals surface area contributed by atoms with Crippen LogP contribution >= 0.6 is 0 Å². The summed E-state index contributed by atoms with van der Waals surface area (Å²) in [6, 6.07) is 6.67. The van der Waals surface area contributed by atoms with Crippen LogP contribution in [0.25, 0.3) is 0 Å². The van der Waals surface area contributed by atoms with Crippen molar-refractivity contribution in [3.05, 3.63) is 52.6 Å². The molecule has 1 unspecified atom stereocenters. The number of nitro groups is 1. The molecule has 0 amide bonds. The van der Waals surface area contributed by atoms with Crippen LogP contribution in [0, 0.1) is 10.1 Å². The molecule has 6 heteroatoms. The summed E-state index contributed by atoms with van der Waals surface area (Å²) in [7, 11) is 0. The van der Waals surface area contributed by atoms with Gasteiger partial charge in [0.15, 0.2) is 0 Å². The number of nitrogens with zero attached hydrogens (tertiary/aromatic N) is 2. The number of anilines is 1. The van der Waals surface area contributed by atoms with Crippen molar-refractivity contribution in [3.8, 4) is 0 Å². The van der Waals surface area contributed by atoms with Crippen molar-refractivity contribution in [2.24, 2.45) is 0 Å². The molecule has 0 bridgehead atoms. The van der Waals surface area contributed by atoms with E-state index in [1.54, 1.807) is 30.5 Å². The summed E-state index contributed by atoms with van der Waals surface area (Å²) < 4.78 is 5.22. The predicted octanol–water partition coefficient (Wildman–Crippen LogP) is 2.76. The first-order valence-electron chi connectivity index (χ1n) is 5.08. The molecule has 2 aromatic rings. The van der Waals surface area contributed by atoms with E-state index in [-0.39, 0.29) is 11.9 Å². The number of furan rings is 1. The number of hydrogen-bond acceptors (Lipinski definition) is 5. The molecule has 6 nitrogen and oxygen atoms in total. The normalized spacial score (nSPS) is 12.1. The molecule has 0 aliphatic heterocycles. The van der Waals surface area contributed by atoms with E-state index in [4.69, 9.17) is 4.42 Å². The summed E-state index contributed by atoms with van der Waals surface area (Å²) in [5.74, 6) is 0.522. The van der Waals surface area contributed by atoms with Crippen LogP contribution in [0.1, 0.15) is 18.7 Å². The lowest BCUT2D eigenvalue weighted by Gasteiger charge is -2.12. The molecule has 0 aliphatic carbocycles. The quantitative estimate of drug-likeness (QED) is 0.648. The van der Waals surface area contributed by atoms with Crippen molar-refractivity contribution in [3.63, 3.8) is 0 Å². The first-order valence-corrected chi connectivity index (χ1v) is 5.08. The molecule has 0 aliphatic rings. The van der Waals surface area contributed by atoms with E-state index < -0.39 is 4.92 Å². The minimum absolute atomic E-state index is 0.159. The molecule has 1 atom stereocenters. The van der Waals surface area contributed by atoms with E-state index in [1.807, 2.05) is 6.92 Å². The minimum atomic E-state index is -0.517. The van der Waals surface area contributed by atoms with Crippen LogP contribution in [-0.4, -0.2) is 9.91 Å². The second-order valence-corrected chi connectivity index (χ2v) is 3.51. The number of aromatic nitrogens is 1. The fourth-order valence-electron chi connectivity index (χ4n) is 1.50. The molecule has 88 valence electrons. The maximum atomic E-state index is 10.8. The van der Waals surface area contributed by atoms with Crippen LogP contribution in [0.5, 0.6) is 0 Å². The fraction of sp³-hybridized carbons (Fsp3) is 0.182. The van der Waals surface area contributed by atoms with Crippen molar-refractivity contribution < 1.29 is 9.34 Å². The average molecular weight is 233 g/mol. The van der Waals surface area contributed by atoms with E-state index in [0.717, 1.165) is 0 Å². The van der Waals surface area contributed by atoms with Crippen LogP contribution in [-0.2, 0) is 0 Å². The Morgan fingerprint density at radius 2 is 2.29 bits per heavy atom. The first-order chi connectivity index (χ1) is 8.18. The monoisotopic (exact) mass is 233 g/mol. The highest BCUT2D eigenvalue weighted by Gasteiger charge is 2.17. The van der Waals surface area contributed by atoms with Gasteiger partial charge in [-0.3, -0.25) is 0 Å². The third-order valence-corrected chi connectivity index (χ3v) is 2.30. The maximum Gasteiger partial charge on any atom is 0.386 e. The molecule has 0 aromatic carbocycles. The zero-order chi connectivity index (χ0) is 12.3. The first kappa shape index (κ1) is 11.1. The lowest BCUT2D eigenvalue weighted by molar-refractivity contribution is -0.388. The third kappa shape index (κ3) is 2.41. The Bertz CT molecular complexity index is 510. The van der Waals surface area contributed by atoms with E-state index >= 15 is 0 Å². The second kappa shape index (κ2) is 4.65. The van der Waals surface area contributed by atoms with Gasteiger partial charge in [-0.2, -0.15) is 0 Å². The number of pyridine rings is 1. The van der Waals surface area contributed by atoms with E-state index in [2.05, 4.69) is 10.3 Å². The summed E-state index contributed by atoms with van der Waals surface area (Å²) in [6.07, 6.45) is 2.95. The molecular weight excluding hydrogens is 222 g/mol. The van der Waals surface area contributed by atoms with Crippen molar-refractivity contribution >= 4 is 11.5 Å². The highest BCUT2D eigenvalue weighted by Crippen LogP contribution is 2.25. The van der Waals surface area contributed by atoms with E-state index in [9.17, 15) is 10.1 Å². The van der Waals surface area contributed by atoms with Gasteiger partial charge in [0.2, 0.25) is 0 Å². The van der Waals surface area contributed by atoms with Gasteiger partial charge in [0.25, 0.3) is 0 Å². The molecule has 17 heavy (non-hydrogen) atoms. The summed E-state index contributed by atoms with van der Waals surface area (Å²) >= 11 is 0. The number of rotatable bonds is 4. The molecule has 0 saturated heterocycles. The summed E-state index contributed by atoms with van der Waals surface area (Å²) in [5, 5.41) is 13.8. The molecule has 2 rings (SSSR count). The number of hydrogen-bond donors (Lipinski definition) is 1. The number of nitrogens with one attached hydrogen (secondary N) is 1. The van der Waals surface area contributed by atoms with Gasteiger partial charge in [0.05, 0.1) is 12.3 Å². The molecule has 0 fully saturated rings. The minimum Gasteiger partial charge on any atom is -0.467 e. The Morgan fingerprint density at radius 1 is 1.47 bits per heavy atom. The van der Waals surface area contributed by atoms with Crippen LogP contribution in [0.2, 0.25) is 0 Å². The van der Waals surface area contributed by atoms with E-state index in [1.165, 1.54) is 6.20 Å². The van der Waals surface area contributed by atoms with Gasteiger partial charge in [-0.15, -0.1) is 0 Å². The Balaban J connectivity index is 2.21. The highest BCUT2D eigenvalue weighted by atomic mass is 16.6. The van der Waals surface area contributed by atoms with Crippen molar-refractivity contribution in [2.75, 3.05) is 5.32 Å². The van der Waals surface area contributed by atoms with Crippen molar-refractivity contribution in [2.45, 2.75) is 13.0 Å². The van der Waals surface area contributed by atoms with Gasteiger partial charge < -0.3 is 19.8 Å². The van der Waals surface area contributed by atoms with Crippen LogP contribution in [0.15, 0.2) is 41.1 Å². The smallest absolute Gasteiger partial charge is 0.386 e. The average Bonchev–Trinajstić information content (AvgIpc) is 2.83. The van der Waals surface area contributed by atoms with E-state index in [0.29, 0.717) is 11.4 Å². The molecule has 2 heterocycles. The van der Waals surface area contributed by atoms with Gasteiger partial charge in [0, 0.05) is 0 Å². The molecule has 0 spiro atoms. The van der Waals surface area contributed by atoms with Gasteiger partial charge in [-0.05, 0) is 41.1 Å². The lowest BCUT2D eigenvalue weighted by atomic mass is 10.2. The zero-order valence-corrected chi connectivity index (χ0v) is 9.16. The third-order valence-electron chi connectivity index (χ3n) is 2.30. The zero-order valence-electron chi connectivity index (χ0n) is 9.16. The maximum absolute atomic E-state index is 10.8. The molecular formula is C11H11N3O3. The topological polar surface area (TPSA) is 81.2 Å². The molecule has 0 radical (unpaired) electrons. The largest absolute Gasteiger partial charge is 0.467 e. The second-order valence-electron chi connectivity index (χ2n) is 3.51. The lowest BCUT2D eigenvalue weighted by Crippen LogP contribution is -2.08. The van der Waals surface area contributed by atoms with Crippen molar-refractivity contribution in [1.29, 1.82) is 0 Å². The predicted molar refractivity (Wildman–Crippen MR) is 61.6 cm³/mol. The van der Waals surface area contributed by atoms with Gasteiger partial charge >= 0.3 is 5.82 Å². The van der Waals surface area contributed by atoms with Gasteiger partial charge in [-0.1, -0.05) is 0 Å². The molecule has 2 aromatic heterocycles. The SMILES string of the molecule is CC(Nc1cccnc1[N+](=O)[O-])c1ccco1. The van der Waals surface area contributed by atoms with Gasteiger partial charge in [0.1, 0.15) is 17.6 Å². The standard InChI is InChI=1S/C11H11N3O3/c1-8(10-5-3-7-17-10)13-9-4-2-6-12-11(9)14(15)16/h2-8,13H,1H3. The van der Waals surface area contributed by atoms with Gasteiger partial charge in [-0.25, -0.2) is 0 Å².